The molecule has 1 aromatic carbocycles. The minimum atomic E-state index is -0.508. The Kier molecular flexibility index (Phi) is 9.56. The Balaban J connectivity index is 1.79. The van der Waals surface area contributed by atoms with Crippen molar-refractivity contribution >= 4 is 17.5 Å². The monoisotopic (exact) mass is 496 g/mol. The maximum absolute atomic E-state index is 13.5. The second-order valence-electron chi connectivity index (χ2n) is 10.1. The number of nitrogens with zero attached hydrogens (tertiary/aromatic N) is 3. The lowest BCUT2D eigenvalue weighted by atomic mass is 10.1. The van der Waals surface area contributed by atoms with Crippen LogP contribution in [-0.2, 0) is 6.54 Å². The predicted molar refractivity (Wildman–Crippen MR) is 143 cm³/mol. The molecule has 8 heteroatoms. The van der Waals surface area contributed by atoms with Crippen LogP contribution in [0, 0.1) is 11.8 Å². The fourth-order valence-electron chi connectivity index (χ4n) is 4.36. The van der Waals surface area contributed by atoms with Crippen molar-refractivity contribution in [3.05, 3.63) is 58.0 Å². The Labute approximate surface area is 214 Å². The number of carbonyl (C=O) groups excluding carboxylic acids is 2. The van der Waals surface area contributed by atoms with E-state index in [2.05, 4.69) is 37.9 Å². The maximum atomic E-state index is 13.5. The molecule has 1 N–H and O–H groups in total. The third kappa shape index (κ3) is 6.89. The number of carbonyl (C=O) groups is 2. The molecule has 0 aliphatic carbocycles. The van der Waals surface area contributed by atoms with Gasteiger partial charge < -0.3 is 24.4 Å². The van der Waals surface area contributed by atoms with Crippen LogP contribution in [0.5, 0.6) is 5.75 Å². The van der Waals surface area contributed by atoms with Crippen LogP contribution < -0.4 is 20.4 Å². The molecule has 8 nitrogen and oxygen atoms in total. The molecule has 3 rings (SSSR count). The molecule has 196 valence electrons. The largest absolute Gasteiger partial charge is 0.492 e. The Morgan fingerprint density at radius 1 is 0.972 bits per heavy atom. The highest BCUT2D eigenvalue weighted by atomic mass is 16.5. The molecule has 36 heavy (non-hydrogen) atoms. The van der Waals surface area contributed by atoms with Gasteiger partial charge in [0.2, 0.25) is 5.43 Å². The maximum Gasteiger partial charge on any atom is 0.259 e. The lowest BCUT2D eigenvalue weighted by molar-refractivity contribution is 0.0744. The van der Waals surface area contributed by atoms with E-state index in [1.54, 1.807) is 21.9 Å². The third-order valence-corrected chi connectivity index (χ3v) is 6.21. The normalized spacial score (nSPS) is 13.9. The van der Waals surface area contributed by atoms with E-state index in [0.29, 0.717) is 57.7 Å². The fraction of sp³-hybridized carbons (Fsp3) is 0.536. The summed E-state index contributed by atoms with van der Waals surface area (Å²) >= 11 is 0. The summed E-state index contributed by atoms with van der Waals surface area (Å²) in [4.78, 5) is 43.5. The summed E-state index contributed by atoms with van der Waals surface area (Å²) < 4.78 is 7.56. The van der Waals surface area contributed by atoms with Crippen LogP contribution in [0.4, 0.5) is 5.69 Å². The summed E-state index contributed by atoms with van der Waals surface area (Å²) in [5.74, 6) is 0.806. The van der Waals surface area contributed by atoms with Crippen molar-refractivity contribution in [3.63, 3.8) is 0 Å². The lowest BCUT2D eigenvalue weighted by Crippen LogP contribution is -2.50. The lowest BCUT2D eigenvalue weighted by Gasteiger charge is -2.36. The molecule has 1 aromatic heterocycles. The number of pyridine rings is 1. The average molecular weight is 497 g/mol. The number of hydrogen-bond donors (Lipinski definition) is 1. The van der Waals surface area contributed by atoms with Crippen LogP contribution in [0.15, 0.2) is 41.5 Å². The molecular weight excluding hydrogens is 456 g/mol. The van der Waals surface area contributed by atoms with Crippen molar-refractivity contribution in [2.24, 2.45) is 11.8 Å². The SMILES string of the molecule is CCOc1ccccc1N1CCN(C(=O)c2cn(CC(C)C)cc(C(=O)NCCC(C)C)c2=O)CC1. The zero-order chi connectivity index (χ0) is 26.2. The Bertz CT molecular complexity index is 1100. The first-order valence-corrected chi connectivity index (χ1v) is 13.0. The number of rotatable bonds is 10. The van der Waals surface area contributed by atoms with Gasteiger partial charge in [-0.2, -0.15) is 0 Å². The zero-order valence-corrected chi connectivity index (χ0v) is 22.3. The van der Waals surface area contributed by atoms with Gasteiger partial charge in [-0.1, -0.05) is 39.8 Å². The average Bonchev–Trinajstić information content (AvgIpc) is 2.84. The molecule has 0 spiro atoms. The zero-order valence-electron chi connectivity index (χ0n) is 22.3. The minimum Gasteiger partial charge on any atom is -0.492 e. The highest BCUT2D eigenvalue weighted by Gasteiger charge is 2.27. The van der Waals surface area contributed by atoms with Gasteiger partial charge in [0, 0.05) is 51.7 Å². The van der Waals surface area contributed by atoms with E-state index in [9.17, 15) is 14.4 Å². The first kappa shape index (κ1) is 27.3. The molecule has 2 amide bonds. The summed E-state index contributed by atoms with van der Waals surface area (Å²) in [6.07, 6.45) is 4.00. The number of nitrogens with one attached hydrogen (secondary N) is 1. The Morgan fingerprint density at radius 2 is 1.64 bits per heavy atom. The molecule has 0 radical (unpaired) electrons. The second-order valence-corrected chi connectivity index (χ2v) is 10.1. The third-order valence-electron chi connectivity index (χ3n) is 6.21. The van der Waals surface area contributed by atoms with Crippen molar-refractivity contribution in [1.82, 2.24) is 14.8 Å². The van der Waals surface area contributed by atoms with E-state index >= 15 is 0 Å². The molecule has 1 aliphatic rings. The topological polar surface area (TPSA) is 83.9 Å². The van der Waals surface area contributed by atoms with Crippen molar-refractivity contribution in [3.8, 4) is 5.75 Å². The first-order chi connectivity index (χ1) is 17.2. The van der Waals surface area contributed by atoms with E-state index in [1.165, 1.54) is 0 Å². The first-order valence-electron chi connectivity index (χ1n) is 13.0. The summed E-state index contributed by atoms with van der Waals surface area (Å²) in [5.41, 5.74) is 0.571. The predicted octanol–water partition coefficient (Wildman–Crippen LogP) is 3.64. The van der Waals surface area contributed by atoms with Crippen LogP contribution >= 0.6 is 0 Å². The van der Waals surface area contributed by atoms with Crippen LogP contribution in [0.3, 0.4) is 0 Å². The number of para-hydroxylation sites is 2. The number of anilines is 1. The van der Waals surface area contributed by atoms with Gasteiger partial charge in [-0.15, -0.1) is 0 Å². The number of hydrogen-bond acceptors (Lipinski definition) is 5. The van der Waals surface area contributed by atoms with Crippen molar-refractivity contribution < 1.29 is 14.3 Å². The molecule has 1 fully saturated rings. The van der Waals surface area contributed by atoms with Gasteiger partial charge in [-0.05, 0) is 37.3 Å². The van der Waals surface area contributed by atoms with Crippen molar-refractivity contribution in [1.29, 1.82) is 0 Å². The van der Waals surface area contributed by atoms with Gasteiger partial charge in [-0.3, -0.25) is 14.4 Å². The smallest absolute Gasteiger partial charge is 0.259 e. The molecule has 1 saturated heterocycles. The number of aromatic nitrogens is 1. The molecule has 0 unspecified atom stereocenters. The molecular formula is C28H40N4O4. The van der Waals surface area contributed by atoms with Crippen LogP contribution in [0.2, 0.25) is 0 Å². The molecule has 2 heterocycles. The number of ether oxygens (including phenoxy) is 1. The van der Waals surface area contributed by atoms with E-state index < -0.39 is 11.3 Å². The van der Waals surface area contributed by atoms with Gasteiger partial charge in [-0.25, -0.2) is 0 Å². The summed E-state index contributed by atoms with van der Waals surface area (Å²) in [5, 5.41) is 2.84. The van der Waals surface area contributed by atoms with E-state index in [4.69, 9.17) is 4.74 Å². The Hall–Kier alpha value is -3.29. The van der Waals surface area contributed by atoms with Crippen molar-refractivity contribution in [2.45, 2.75) is 47.6 Å². The van der Waals surface area contributed by atoms with E-state index in [-0.39, 0.29) is 17.0 Å². The summed E-state index contributed by atoms with van der Waals surface area (Å²) in [7, 11) is 0. The fourth-order valence-corrected chi connectivity index (χ4v) is 4.36. The number of amides is 2. The molecule has 2 aromatic rings. The van der Waals surface area contributed by atoms with Gasteiger partial charge in [0.15, 0.2) is 0 Å². The highest BCUT2D eigenvalue weighted by molar-refractivity contribution is 5.99. The highest BCUT2D eigenvalue weighted by Crippen LogP contribution is 2.29. The second kappa shape index (κ2) is 12.6. The Morgan fingerprint density at radius 3 is 2.28 bits per heavy atom. The molecule has 1 aliphatic heterocycles. The van der Waals surface area contributed by atoms with Crippen molar-refractivity contribution in [2.75, 3.05) is 44.2 Å². The summed E-state index contributed by atoms with van der Waals surface area (Å²) in [6, 6.07) is 7.90. The van der Waals surface area contributed by atoms with E-state index in [0.717, 1.165) is 17.9 Å². The quantitative estimate of drug-likeness (QED) is 0.543. The van der Waals surface area contributed by atoms with Gasteiger partial charge in [0.1, 0.15) is 16.9 Å². The minimum absolute atomic E-state index is 0.0227. The molecule has 0 saturated carbocycles. The standard InChI is InChI=1S/C28H40N4O4/c1-6-36-25-10-8-7-9-24(25)31-13-15-32(16-14-31)28(35)23-19-30(17-21(4)5)18-22(26(23)33)27(34)29-12-11-20(2)3/h7-10,18-21H,6,11-17H2,1-5H3,(H,29,34). The molecule has 0 atom stereocenters. The molecule has 0 bridgehead atoms. The van der Waals surface area contributed by atoms with Crippen LogP contribution in [-0.4, -0.2) is 60.6 Å². The number of piperazine rings is 1. The van der Waals surface area contributed by atoms with Crippen LogP contribution in [0.1, 0.15) is 61.8 Å². The van der Waals surface area contributed by atoms with Crippen LogP contribution in [0.25, 0.3) is 0 Å². The van der Waals surface area contributed by atoms with Gasteiger partial charge in [0.25, 0.3) is 11.8 Å². The summed E-state index contributed by atoms with van der Waals surface area (Å²) in [6.45, 7) is 14.1. The van der Waals surface area contributed by atoms with E-state index in [1.807, 2.05) is 31.2 Å². The number of benzene rings is 1. The van der Waals surface area contributed by atoms with Gasteiger partial charge in [0.05, 0.1) is 12.3 Å². The van der Waals surface area contributed by atoms with Gasteiger partial charge >= 0.3 is 0 Å².